The van der Waals surface area contributed by atoms with Gasteiger partial charge in [0.2, 0.25) is 0 Å². The number of aliphatic hydroxyl groups is 1. The van der Waals surface area contributed by atoms with Gasteiger partial charge in [-0.25, -0.2) is 0 Å². The van der Waals surface area contributed by atoms with Gasteiger partial charge in [0.15, 0.2) is 0 Å². The summed E-state index contributed by atoms with van der Waals surface area (Å²) in [6.45, 7) is 9.02. The van der Waals surface area contributed by atoms with Crippen LogP contribution in [0.4, 0.5) is 0 Å². The lowest BCUT2D eigenvalue weighted by atomic mass is 10.0. The number of esters is 2. The molecule has 0 aromatic carbocycles. The molecule has 0 unspecified atom stereocenters. The van der Waals surface area contributed by atoms with E-state index in [0.717, 1.165) is 43.9 Å². The van der Waals surface area contributed by atoms with Crippen molar-refractivity contribution in [3.05, 3.63) is 0 Å². The topological polar surface area (TPSA) is 72.8 Å². The predicted molar refractivity (Wildman–Crippen MR) is 201 cm³/mol. The highest BCUT2D eigenvalue weighted by Gasteiger charge is 2.12. The molecule has 280 valence electrons. The van der Waals surface area contributed by atoms with Crippen LogP contribution in [0, 0.1) is 11.8 Å². The minimum atomic E-state index is -0.956. The van der Waals surface area contributed by atoms with Crippen LogP contribution in [0.25, 0.3) is 0 Å². The van der Waals surface area contributed by atoms with Crippen LogP contribution in [0.15, 0.2) is 0 Å². The summed E-state index contributed by atoms with van der Waals surface area (Å²) in [6, 6.07) is 0. The Balaban J connectivity index is 3.35. The monoisotopic (exact) mass is 667 g/mol. The number of carbonyl (C=O) groups is 2. The first-order valence-electron chi connectivity index (χ1n) is 20.8. The van der Waals surface area contributed by atoms with Crippen LogP contribution >= 0.6 is 0 Å². The Morgan fingerprint density at radius 2 is 0.596 bits per heavy atom. The van der Waals surface area contributed by atoms with E-state index in [1.54, 1.807) is 0 Å². The molecule has 0 bridgehead atoms. The number of unbranched alkanes of at least 4 members (excludes halogenated alkanes) is 25. The molecule has 0 radical (unpaired) electrons. The number of hydrogen-bond acceptors (Lipinski definition) is 5. The number of rotatable bonds is 37. The second-order valence-electron chi connectivity index (χ2n) is 15.4. The second-order valence-corrected chi connectivity index (χ2v) is 15.4. The number of aliphatic hydroxyl groups excluding tert-OH is 1. The standard InChI is InChI=1S/C42H82O5/c1-38(2)32-28-24-20-16-13-11-9-7-5-6-8-10-12-14-18-22-26-30-34-41(44)46-36-40(43)37-47-42(45)35-31-27-23-19-15-17-21-25-29-33-39(3)4/h38-40,43H,5-37H2,1-4H3/t40-/m1/s1. The highest BCUT2D eigenvalue weighted by atomic mass is 16.6. The minimum Gasteiger partial charge on any atom is -0.463 e. The summed E-state index contributed by atoms with van der Waals surface area (Å²) in [5, 5.41) is 10.0. The lowest BCUT2D eigenvalue weighted by molar-refractivity contribution is -0.152. The molecule has 0 spiro atoms. The van der Waals surface area contributed by atoms with Gasteiger partial charge in [0, 0.05) is 12.8 Å². The Morgan fingerprint density at radius 3 is 0.830 bits per heavy atom. The molecular formula is C42H82O5. The van der Waals surface area contributed by atoms with Crippen LogP contribution in [-0.2, 0) is 19.1 Å². The van der Waals surface area contributed by atoms with E-state index in [9.17, 15) is 14.7 Å². The maximum atomic E-state index is 12.0. The van der Waals surface area contributed by atoms with Crippen molar-refractivity contribution >= 4 is 11.9 Å². The summed E-state index contributed by atoms with van der Waals surface area (Å²) in [6.07, 6.45) is 37.4. The fourth-order valence-corrected chi connectivity index (χ4v) is 6.28. The molecule has 0 heterocycles. The third-order valence-corrected chi connectivity index (χ3v) is 9.45. The molecule has 0 rings (SSSR count). The van der Waals surface area contributed by atoms with E-state index in [-0.39, 0.29) is 25.2 Å². The fourth-order valence-electron chi connectivity index (χ4n) is 6.28. The Hall–Kier alpha value is -1.10. The van der Waals surface area contributed by atoms with Crippen LogP contribution in [0.1, 0.15) is 227 Å². The van der Waals surface area contributed by atoms with E-state index in [1.807, 2.05) is 0 Å². The van der Waals surface area contributed by atoms with Gasteiger partial charge >= 0.3 is 11.9 Å². The van der Waals surface area contributed by atoms with Crippen molar-refractivity contribution in [1.29, 1.82) is 0 Å². The van der Waals surface area contributed by atoms with Crippen molar-refractivity contribution < 1.29 is 24.2 Å². The van der Waals surface area contributed by atoms with Crippen LogP contribution in [0.2, 0.25) is 0 Å². The molecule has 1 N–H and O–H groups in total. The van der Waals surface area contributed by atoms with Gasteiger partial charge in [-0.05, 0) is 24.7 Å². The van der Waals surface area contributed by atoms with Gasteiger partial charge < -0.3 is 14.6 Å². The second kappa shape index (κ2) is 36.2. The van der Waals surface area contributed by atoms with E-state index in [4.69, 9.17) is 9.47 Å². The summed E-state index contributed by atoms with van der Waals surface area (Å²) < 4.78 is 10.3. The zero-order chi connectivity index (χ0) is 34.6. The summed E-state index contributed by atoms with van der Waals surface area (Å²) in [7, 11) is 0. The van der Waals surface area contributed by atoms with Crippen molar-refractivity contribution in [3.8, 4) is 0 Å². The summed E-state index contributed by atoms with van der Waals surface area (Å²) >= 11 is 0. The Bertz CT molecular complexity index is 661. The highest BCUT2D eigenvalue weighted by Crippen LogP contribution is 2.16. The molecule has 0 aromatic heterocycles. The SMILES string of the molecule is CC(C)CCCCCCCCCCCCCCCCCCCCC(=O)OC[C@@H](O)COC(=O)CCCCCCCCCCCC(C)C. The maximum absolute atomic E-state index is 12.0. The average Bonchev–Trinajstić information content (AvgIpc) is 3.04. The van der Waals surface area contributed by atoms with Gasteiger partial charge in [-0.15, -0.1) is 0 Å². The molecule has 0 aliphatic heterocycles. The minimum absolute atomic E-state index is 0.109. The molecule has 0 fully saturated rings. The third kappa shape index (κ3) is 39.2. The van der Waals surface area contributed by atoms with Crippen LogP contribution < -0.4 is 0 Å². The molecule has 0 amide bonds. The Labute approximate surface area is 293 Å². The van der Waals surface area contributed by atoms with E-state index in [2.05, 4.69) is 27.7 Å². The van der Waals surface area contributed by atoms with E-state index in [0.29, 0.717) is 12.8 Å². The largest absolute Gasteiger partial charge is 0.463 e. The van der Waals surface area contributed by atoms with Crippen LogP contribution in [0.3, 0.4) is 0 Å². The summed E-state index contributed by atoms with van der Waals surface area (Å²) in [5.41, 5.74) is 0. The van der Waals surface area contributed by atoms with Crippen molar-refractivity contribution in [3.63, 3.8) is 0 Å². The van der Waals surface area contributed by atoms with E-state index >= 15 is 0 Å². The van der Waals surface area contributed by atoms with Gasteiger partial charge in [0.25, 0.3) is 0 Å². The number of hydrogen-bond donors (Lipinski definition) is 1. The molecule has 0 saturated heterocycles. The van der Waals surface area contributed by atoms with Crippen molar-refractivity contribution in [2.75, 3.05) is 13.2 Å². The van der Waals surface area contributed by atoms with Crippen LogP contribution in [-0.4, -0.2) is 36.4 Å². The first-order chi connectivity index (χ1) is 22.8. The molecule has 1 atom stereocenters. The summed E-state index contributed by atoms with van der Waals surface area (Å²) in [5.74, 6) is 1.13. The van der Waals surface area contributed by atoms with Crippen molar-refractivity contribution in [2.45, 2.75) is 233 Å². The van der Waals surface area contributed by atoms with Gasteiger partial charge in [-0.3, -0.25) is 9.59 Å². The van der Waals surface area contributed by atoms with E-state index < -0.39 is 6.10 Å². The van der Waals surface area contributed by atoms with Gasteiger partial charge in [0.05, 0.1) is 0 Å². The summed E-state index contributed by atoms with van der Waals surface area (Å²) in [4.78, 5) is 23.9. The molecule has 0 aliphatic rings. The molecule has 0 aromatic rings. The lowest BCUT2D eigenvalue weighted by Crippen LogP contribution is -2.25. The molecule has 5 nitrogen and oxygen atoms in total. The van der Waals surface area contributed by atoms with E-state index in [1.165, 1.54) is 154 Å². The Kier molecular flexibility index (Phi) is 35.3. The number of ether oxygens (including phenoxy) is 2. The van der Waals surface area contributed by atoms with Crippen molar-refractivity contribution in [1.82, 2.24) is 0 Å². The van der Waals surface area contributed by atoms with Gasteiger partial charge in [-0.1, -0.05) is 201 Å². The molecule has 0 aliphatic carbocycles. The first-order valence-corrected chi connectivity index (χ1v) is 20.8. The third-order valence-electron chi connectivity index (χ3n) is 9.45. The zero-order valence-corrected chi connectivity index (χ0v) is 32.1. The van der Waals surface area contributed by atoms with Gasteiger partial charge in [-0.2, -0.15) is 0 Å². The lowest BCUT2D eigenvalue weighted by Gasteiger charge is -2.12. The number of carbonyl (C=O) groups excluding carboxylic acids is 2. The highest BCUT2D eigenvalue weighted by molar-refractivity contribution is 5.69. The van der Waals surface area contributed by atoms with Gasteiger partial charge in [0.1, 0.15) is 19.3 Å². The molecule has 5 heteroatoms. The maximum Gasteiger partial charge on any atom is 0.305 e. The quantitative estimate of drug-likeness (QED) is 0.0527. The predicted octanol–water partition coefficient (Wildman–Crippen LogP) is 12.8. The average molecular weight is 667 g/mol. The normalized spacial score (nSPS) is 12.2. The zero-order valence-electron chi connectivity index (χ0n) is 32.1. The smallest absolute Gasteiger partial charge is 0.305 e. The first kappa shape index (κ1) is 45.9. The molecule has 0 saturated carbocycles. The van der Waals surface area contributed by atoms with Crippen LogP contribution in [0.5, 0.6) is 0 Å². The fraction of sp³-hybridized carbons (Fsp3) is 0.952. The molecule has 47 heavy (non-hydrogen) atoms. The molecular weight excluding hydrogens is 584 g/mol. The Morgan fingerprint density at radius 1 is 0.383 bits per heavy atom. The van der Waals surface area contributed by atoms with Crippen molar-refractivity contribution in [2.24, 2.45) is 11.8 Å².